The average Bonchev–Trinajstić information content (AvgIpc) is 2.35. The van der Waals surface area contributed by atoms with Crippen molar-refractivity contribution in [1.82, 2.24) is 5.32 Å². The lowest BCUT2D eigenvalue weighted by atomic mass is 10.1. The van der Waals surface area contributed by atoms with Crippen LogP contribution in [-0.4, -0.2) is 33.0 Å². The molecule has 0 atom stereocenters. The van der Waals surface area contributed by atoms with Crippen LogP contribution in [0.4, 0.5) is 0 Å². The highest BCUT2D eigenvalue weighted by atomic mass is 32.2. The van der Waals surface area contributed by atoms with Crippen LogP contribution >= 0.6 is 0 Å². The van der Waals surface area contributed by atoms with Gasteiger partial charge in [-0.1, -0.05) is 31.2 Å². The van der Waals surface area contributed by atoms with Crippen LogP contribution in [0.25, 0.3) is 0 Å². The van der Waals surface area contributed by atoms with E-state index in [0.717, 1.165) is 19.5 Å². The van der Waals surface area contributed by atoms with E-state index in [2.05, 4.69) is 30.4 Å². The van der Waals surface area contributed by atoms with Crippen molar-refractivity contribution in [3.8, 4) is 0 Å². The first kappa shape index (κ1) is 15.2. The Bertz CT molecular complexity index is 455. The van der Waals surface area contributed by atoms with Crippen LogP contribution in [0.15, 0.2) is 24.3 Å². The highest BCUT2D eigenvalue weighted by molar-refractivity contribution is 7.91. The molecule has 1 aromatic rings. The minimum Gasteiger partial charge on any atom is -0.316 e. The van der Waals surface area contributed by atoms with Crippen molar-refractivity contribution in [3.63, 3.8) is 0 Å². The van der Waals surface area contributed by atoms with E-state index >= 15 is 0 Å². The quantitative estimate of drug-likeness (QED) is 0.734. The molecule has 0 fully saturated rings. The van der Waals surface area contributed by atoms with E-state index < -0.39 is 9.84 Å². The fourth-order valence-electron chi connectivity index (χ4n) is 1.80. The van der Waals surface area contributed by atoms with Gasteiger partial charge >= 0.3 is 0 Å². The van der Waals surface area contributed by atoms with Crippen LogP contribution in [0.1, 0.15) is 24.5 Å². The molecule has 102 valence electrons. The molecule has 1 N–H and O–H groups in total. The van der Waals surface area contributed by atoms with E-state index in [9.17, 15) is 8.42 Å². The summed E-state index contributed by atoms with van der Waals surface area (Å²) < 4.78 is 22.5. The third-order valence-electron chi connectivity index (χ3n) is 3.08. The topological polar surface area (TPSA) is 46.2 Å². The summed E-state index contributed by atoms with van der Waals surface area (Å²) in [7, 11) is -2.81. The lowest BCUT2D eigenvalue weighted by Crippen LogP contribution is -2.21. The van der Waals surface area contributed by atoms with Gasteiger partial charge < -0.3 is 5.32 Å². The molecule has 0 bridgehead atoms. The van der Waals surface area contributed by atoms with Crippen molar-refractivity contribution in [2.24, 2.45) is 0 Å². The molecule has 0 unspecified atom stereocenters. The molecule has 0 aliphatic carbocycles. The van der Waals surface area contributed by atoms with Gasteiger partial charge in [-0.15, -0.1) is 0 Å². The predicted octanol–water partition coefficient (Wildman–Crippen LogP) is 1.95. The second kappa shape index (κ2) is 7.54. The second-order valence-electron chi connectivity index (χ2n) is 4.52. The fourth-order valence-corrected chi connectivity index (χ4v) is 2.67. The number of hydrogen-bond donors (Lipinski definition) is 1. The van der Waals surface area contributed by atoms with Crippen molar-refractivity contribution in [1.29, 1.82) is 0 Å². The summed E-state index contributed by atoms with van der Waals surface area (Å²) in [5, 5.41) is 3.29. The average molecular weight is 269 g/mol. The van der Waals surface area contributed by atoms with E-state index in [1.54, 1.807) is 6.92 Å². The number of nitrogens with one attached hydrogen (secondary N) is 1. The number of benzene rings is 1. The molecule has 0 saturated heterocycles. The molecule has 0 aliphatic heterocycles. The van der Waals surface area contributed by atoms with Crippen molar-refractivity contribution in [2.75, 3.05) is 24.6 Å². The minimum absolute atomic E-state index is 0.246. The summed E-state index contributed by atoms with van der Waals surface area (Å²) >= 11 is 0. The van der Waals surface area contributed by atoms with Gasteiger partial charge in [0.2, 0.25) is 0 Å². The molecule has 1 rings (SSSR count). The van der Waals surface area contributed by atoms with Crippen LogP contribution in [0.2, 0.25) is 0 Å². The van der Waals surface area contributed by atoms with Gasteiger partial charge in [-0.05, 0) is 44.0 Å². The summed E-state index contributed by atoms with van der Waals surface area (Å²) in [6, 6.07) is 8.35. The Labute approximate surface area is 111 Å². The summed E-state index contributed by atoms with van der Waals surface area (Å²) in [5.41, 5.74) is 2.67. The molecule has 18 heavy (non-hydrogen) atoms. The molecule has 0 spiro atoms. The molecule has 0 aromatic heterocycles. The fraction of sp³-hybridized carbons (Fsp3) is 0.571. The van der Waals surface area contributed by atoms with E-state index in [0.29, 0.717) is 12.2 Å². The lowest BCUT2D eigenvalue weighted by Gasteiger charge is -2.07. The standard InChI is InChI=1S/C14H23NO2S/c1-3-18(16,17)12-6-10-15-11-9-14-8-5-4-7-13(14)2/h4-5,7-8,15H,3,6,9-12H2,1-2H3. The van der Waals surface area contributed by atoms with Gasteiger partial charge in [0.15, 0.2) is 0 Å². The van der Waals surface area contributed by atoms with Crippen molar-refractivity contribution < 1.29 is 8.42 Å². The van der Waals surface area contributed by atoms with Crippen LogP contribution in [0.3, 0.4) is 0 Å². The largest absolute Gasteiger partial charge is 0.316 e. The van der Waals surface area contributed by atoms with E-state index in [4.69, 9.17) is 0 Å². The predicted molar refractivity (Wildman–Crippen MR) is 76.7 cm³/mol. The summed E-state index contributed by atoms with van der Waals surface area (Å²) in [6.07, 6.45) is 1.69. The third kappa shape index (κ3) is 5.65. The second-order valence-corrected chi connectivity index (χ2v) is 6.99. The maximum atomic E-state index is 11.3. The molecule has 3 nitrogen and oxygen atoms in total. The summed E-state index contributed by atoms with van der Waals surface area (Å²) in [6.45, 7) is 5.48. The van der Waals surface area contributed by atoms with Crippen LogP contribution in [-0.2, 0) is 16.3 Å². The zero-order valence-corrected chi connectivity index (χ0v) is 12.1. The van der Waals surface area contributed by atoms with Crippen molar-refractivity contribution >= 4 is 9.84 Å². The highest BCUT2D eigenvalue weighted by Crippen LogP contribution is 2.06. The molecule has 0 radical (unpaired) electrons. The number of aryl methyl sites for hydroxylation is 1. The van der Waals surface area contributed by atoms with Crippen LogP contribution in [0, 0.1) is 6.92 Å². The first-order valence-corrected chi connectivity index (χ1v) is 8.33. The van der Waals surface area contributed by atoms with E-state index in [1.165, 1.54) is 11.1 Å². The minimum atomic E-state index is -2.81. The van der Waals surface area contributed by atoms with Gasteiger partial charge in [0, 0.05) is 5.75 Å². The molecular weight excluding hydrogens is 246 g/mol. The first-order valence-electron chi connectivity index (χ1n) is 6.51. The van der Waals surface area contributed by atoms with Gasteiger partial charge in [-0.25, -0.2) is 8.42 Å². The van der Waals surface area contributed by atoms with Crippen molar-refractivity contribution in [2.45, 2.75) is 26.7 Å². The lowest BCUT2D eigenvalue weighted by molar-refractivity contribution is 0.590. The Kier molecular flexibility index (Phi) is 6.36. The summed E-state index contributed by atoms with van der Waals surface area (Å²) in [4.78, 5) is 0. The van der Waals surface area contributed by atoms with Gasteiger partial charge in [0.1, 0.15) is 9.84 Å². The molecule has 1 aromatic carbocycles. The molecule has 0 saturated carbocycles. The Morgan fingerprint density at radius 3 is 2.56 bits per heavy atom. The summed E-state index contributed by atoms with van der Waals surface area (Å²) in [5.74, 6) is 0.539. The Morgan fingerprint density at radius 2 is 1.89 bits per heavy atom. The van der Waals surface area contributed by atoms with Gasteiger partial charge in [0.05, 0.1) is 5.75 Å². The monoisotopic (exact) mass is 269 g/mol. The Balaban J connectivity index is 2.15. The van der Waals surface area contributed by atoms with Crippen LogP contribution in [0.5, 0.6) is 0 Å². The van der Waals surface area contributed by atoms with E-state index in [1.807, 2.05) is 6.07 Å². The Morgan fingerprint density at radius 1 is 1.17 bits per heavy atom. The molecular formula is C14H23NO2S. The SMILES string of the molecule is CCS(=O)(=O)CCCNCCc1ccccc1C. The van der Waals surface area contributed by atoms with E-state index in [-0.39, 0.29) is 5.75 Å². The molecule has 0 aliphatic rings. The Hall–Kier alpha value is -0.870. The molecule has 0 amide bonds. The highest BCUT2D eigenvalue weighted by Gasteiger charge is 2.05. The van der Waals surface area contributed by atoms with Crippen molar-refractivity contribution in [3.05, 3.63) is 35.4 Å². The zero-order chi connectivity index (χ0) is 13.4. The van der Waals surface area contributed by atoms with Crippen LogP contribution < -0.4 is 5.32 Å². The first-order chi connectivity index (χ1) is 8.55. The number of rotatable bonds is 8. The smallest absolute Gasteiger partial charge is 0.150 e. The normalized spacial score (nSPS) is 11.7. The number of hydrogen-bond acceptors (Lipinski definition) is 3. The number of sulfone groups is 1. The maximum Gasteiger partial charge on any atom is 0.150 e. The zero-order valence-electron chi connectivity index (χ0n) is 11.3. The molecule has 4 heteroatoms. The third-order valence-corrected chi connectivity index (χ3v) is 4.87. The van der Waals surface area contributed by atoms with Gasteiger partial charge in [-0.3, -0.25) is 0 Å². The van der Waals surface area contributed by atoms with Gasteiger partial charge in [-0.2, -0.15) is 0 Å². The maximum absolute atomic E-state index is 11.3. The molecule has 0 heterocycles. The van der Waals surface area contributed by atoms with Gasteiger partial charge in [0.25, 0.3) is 0 Å².